The number of nitrogens with two attached hydrogens (primary N) is 1. The van der Waals surface area contributed by atoms with E-state index in [1.54, 1.807) is 13.1 Å². The Balaban J connectivity index is 2.07. The molecule has 1 aromatic heterocycles. The standard InChI is InChI=1S/C14H25N3O2S2/c1-11-8-14(20-13(11)9-15)21(18,19)17(3)10-12-4-6-16(2)7-5-12/h8,12H,4-7,9-10,15H2,1-3H3. The van der Waals surface area contributed by atoms with Gasteiger partial charge in [0, 0.05) is 25.0 Å². The molecular weight excluding hydrogens is 306 g/mol. The minimum absolute atomic E-state index is 0.394. The van der Waals surface area contributed by atoms with Gasteiger partial charge in [0.05, 0.1) is 0 Å². The number of thiophene rings is 1. The topological polar surface area (TPSA) is 66.6 Å². The molecule has 0 spiro atoms. The molecular formula is C14H25N3O2S2. The minimum atomic E-state index is -3.38. The fourth-order valence-corrected chi connectivity index (χ4v) is 5.60. The van der Waals surface area contributed by atoms with Crippen LogP contribution >= 0.6 is 11.3 Å². The Bertz CT molecular complexity index is 575. The number of sulfonamides is 1. The van der Waals surface area contributed by atoms with Crippen molar-refractivity contribution in [1.29, 1.82) is 0 Å². The first-order valence-corrected chi connectivity index (χ1v) is 9.54. The van der Waals surface area contributed by atoms with Gasteiger partial charge < -0.3 is 10.6 Å². The van der Waals surface area contributed by atoms with Gasteiger partial charge in [-0.3, -0.25) is 0 Å². The lowest BCUT2D eigenvalue weighted by atomic mass is 9.97. The summed E-state index contributed by atoms with van der Waals surface area (Å²) in [6, 6.07) is 1.74. The van der Waals surface area contributed by atoms with Gasteiger partial charge in [0.25, 0.3) is 10.0 Å². The van der Waals surface area contributed by atoms with E-state index in [-0.39, 0.29) is 0 Å². The fourth-order valence-electron chi connectivity index (χ4n) is 2.68. The third kappa shape index (κ3) is 3.84. The molecule has 0 radical (unpaired) electrons. The van der Waals surface area contributed by atoms with Crippen LogP contribution in [0.5, 0.6) is 0 Å². The van der Waals surface area contributed by atoms with Gasteiger partial charge in [0.1, 0.15) is 4.21 Å². The molecule has 2 heterocycles. The van der Waals surface area contributed by atoms with Gasteiger partial charge in [-0.05, 0) is 57.5 Å². The van der Waals surface area contributed by atoms with E-state index < -0.39 is 10.0 Å². The summed E-state index contributed by atoms with van der Waals surface area (Å²) in [6.45, 7) is 5.01. The Labute approximate surface area is 131 Å². The van der Waals surface area contributed by atoms with Crippen molar-refractivity contribution in [3.63, 3.8) is 0 Å². The number of nitrogens with zero attached hydrogens (tertiary/aromatic N) is 2. The second kappa shape index (κ2) is 6.75. The molecule has 0 aromatic carbocycles. The molecule has 0 unspecified atom stereocenters. The molecule has 1 aliphatic heterocycles. The van der Waals surface area contributed by atoms with E-state index in [4.69, 9.17) is 5.73 Å². The van der Waals surface area contributed by atoms with Crippen molar-refractivity contribution in [2.45, 2.75) is 30.5 Å². The Morgan fingerprint density at radius 1 is 1.43 bits per heavy atom. The second-order valence-corrected chi connectivity index (χ2v) is 9.32. The lowest BCUT2D eigenvalue weighted by Gasteiger charge is -2.31. The maximum atomic E-state index is 12.6. The predicted molar refractivity (Wildman–Crippen MR) is 87.0 cm³/mol. The molecule has 120 valence electrons. The predicted octanol–water partition coefficient (Wildman–Crippen LogP) is 1.48. The third-order valence-corrected chi connectivity index (χ3v) is 7.73. The number of rotatable bonds is 5. The second-order valence-electron chi connectivity index (χ2n) is 5.91. The maximum absolute atomic E-state index is 12.6. The van der Waals surface area contributed by atoms with Gasteiger partial charge >= 0.3 is 0 Å². The summed E-state index contributed by atoms with van der Waals surface area (Å²) in [6.07, 6.45) is 2.13. The van der Waals surface area contributed by atoms with Crippen LogP contribution in [0.1, 0.15) is 23.3 Å². The number of aryl methyl sites for hydroxylation is 1. The van der Waals surface area contributed by atoms with Crippen LogP contribution in [0, 0.1) is 12.8 Å². The van der Waals surface area contributed by atoms with Crippen LogP contribution in [0.3, 0.4) is 0 Å². The van der Waals surface area contributed by atoms with Crippen molar-refractivity contribution in [3.05, 3.63) is 16.5 Å². The first kappa shape index (κ1) is 16.9. The quantitative estimate of drug-likeness (QED) is 0.887. The molecule has 1 aliphatic rings. The highest BCUT2D eigenvalue weighted by Crippen LogP contribution is 2.29. The van der Waals surface area contributed by atoms with Crippen molar-refractivity contribution in [3.8, 4) is 0 Å². The average Bonchev–Trinajstić information content (AvgIpc) is 2.83. The Morgan fingerprint density at radius 2 is 2.05 bits per heavy atom. The molecule has 2 rings (SSSR count). The van der Waals surface area contributed by atoms with Crippen LogP contribution < -0.4 is 5.73 Å². The van der Waals surface area contributed by atoms with E-state index >= 15 is 0 Å². The van der Waals surface area contributed by atoms with Crippen molar-refractivity contribution in [2.75, 3.05) is 33.7 Å². The molecule has 0 saturated carbocycles. The molecule has 0 amide bonds. The lowest BCUT2D eigenvalue weighted by Crippen LogP contribution is -2.37. The van der Waals surface area contributed by atoms with E-state index in [1.807, 2.05) is 6.92 Å². The first-order chi connectivity index (χ1) is 9.84. The maximum Gasteiger partial charge on any atom is 0.252 e. The normalized spacial score (nSPS) is 18.5. The summed E-state index contributed by atoms with van der Waals surface area (Å²) < 4.78 is 27.2. The van der Waals surface area contributed by atoms with Crippen LogP contribution in [-0.2, 0) is 16.6 Å². The highest BCUT2D eigenvalue weighted by atomic mass is 32.2. The van der Waals surface area contributed by atoms with E-state index in [2.05, 4.69) is 11.9 Å². The van der Waals surface area contributed by atoms with Gasteiger partial charge in [0.15, 0.2) is 0 Å². The summed E-state index contributed by atoms with van der Waals surface area (Å²) in [4.78, 5) is 3.24. The molecule has 7 heteroatoms. The van der Waals surface area contributed by atoms with Crippen LogP contribution in [-0.4, -0.2) is 51.4 Å². The molecule has 0 atom stereocenters. The molecule has 2 N–H and O–H groups in total. The van der Waals surface area contributed by atoms with Gasteiger partial charge in [-0.15, -0.1) is 11.3 Å². The van der Waals surface area contributed by atoms with Gasteiger partial charge in [-0.2, -0.15) is 4.31 Å². The van der Waals surface area contributed by atoms with Crippen LogP contribution in [0.15, 0.2) is 10.3 Å². The largest absolute Gasteiger partial charge is 0.326 e. The molecule has 21 heavy (non-hydrogen) atoms. The number of hydrogen-bond acceptors (Lipinski definition) is 5. The summed E-state index contributed by atoms with van der Waals surface area (Å²) in [5.41, 5.74) is 6.61. The smallest absolute Gasteiger partial charge is 0.252 e. The van der Waals surface area contributed by atoms with Crippen molar-refractivity contribution in [2.24, 2.45) is 11.7 Å². The van der Waals surface area contributed by atoms with E-state index in [0.717, 1.165) is 36.4 Å². The molecule has 0 bridgehead atoms. The molecule has 1 aromatic rings. The highest BCUT2D eigenvalue weighted by Gasteiger charge is 2.27. The highest BCUT2D eigenvalue weighted by molar-refractivity contribution is 7.91. The summed E-state index contributed by atoms with van der Waals surface area (Å²) in [5, 5.41) is 0. The number of hydrogen-bond donors (Lipinski definition) is 1. The lowest BCUT2D eigenvalue weighted by molar-refractivity contribution is 0.202. The third-order valence-electron chi connectivity index (χ3n) is 4.20. The monoisotopic (exact) mass is 331 g/mol. The summed E-state index contributed by atoms with van der Waals surface area (Å²) in [5.74, 6) is 0.455. The van der Waals surface area contributed by atoms with Gasteiger partial charge in [0.2, 0.25) is 0 Å². The zero-order valence-corrected chi connectivity index (χ0v) is 14.6. The van der Waals surface area contributed by atoms with Crippen LogP contribution in [0.2, 0.25) is 0 Å². The van der Waals surface area contributed by atoms with Crippen molar-refractivity contribution < 1.29 is 8.42 Å². The Morgan fingerprint density at radius 3 is 2.57 bits per heavy atom. The average molecular weight is 332 g/mol. The van der Waals surface area contributed by atoms with Crippen molar-refractivity contribution >= 4 is 21.4 Å². The van der Waals surface area contributed by atoms with Gasteiger partial charge in [-0.25, -0.2) is 8.42 Å². The van der Waals surface area contributed by atoms with Crippen LogP contribution in [0.4, 0.5) is 0 Å². The Kier molecular flexibility index (Phi) is 5.43. The van der Waals surface area contributed by atoms with E-state index in [1.165, 1.54) is 15.6 Å². The molecule has 1 saturated heterocycles. The fraction of sp³-hybridized carbons (Fsp3) is 0.714. The SMILES string of the molecule is Cc1cc(S(=O)(=O)N(C)CC2CCN(C)CC2)sc1CN. The van der Waals surface area contributed by atoms with Crippen molar-refractivity contribution in [1.82, 2.24) is 9.21 Å². The zero-order valence-electron chi connectivity index (χ0n) is 13.0. The van der Waals surface area contributed by atoms with Crippen LogP contribution in [0.25, 0.3) is 0 Å². The molecule has 5 nitrogen and oxygen atoms in total. The first-order valence-electron chi connectivity index (χ1n) is 7.29. The summed E-state index contributed by atoms with van der Waals surface area (Å²) >= 11 is 1.29. The molecule has 1 fully saturated rings. The number of piperidine rings is 1. The van der Waals surface area contributed by atoms with Gasteiger partial charge in [-0.1, -0.05) is 0 Å². The minimum Gasteiger partial charge on any atom is -0.326 e. The van der Waals surface area contributed by atoms with E-state index in [0.29, 0.717) is 23.2 Å². The Hall–Kier alpha value is -0.470. The zero-order chi connectivity index (χ0) is 15.6. The molecule has 0 aliphatic carbocycles. The van der Waals surface area contributed by atoms with E-state index in [9.17, 15) is 8.42 Å². The number of likely N-dealkylation sites (tertiary alicyclic amines) is 1. The summed E-state index contributed by atoms with van der Waals surface area (Å²) in [7, 11) is 0.415.